The number of rotatable bonds is 4. The lowest BCUT2D eigenvalue weighted by Crippen LogP contribution is -2.48. The molecule has 0 aromatic heterocycles. The summed E-state index contributed by atoms with van der Waals surface area (Å²) in [7, 11) is 0. The highest BCUT2D eigenvalue weighted by Crippen LogP contribution is 2.16. The van der Waals surface area contributed by atoms with Crippen molar-refractivity contribution >= 4 is 37.8 Å². The van der Waals surface area contributed by atoms with Crippen LogP contribution in [0.5, 0.6) is 0 Å². The van der Waals surface area contributed by atoms with E-state index >= 15 is 0 Å². The molecule has 1 heterocycles. The Labute approximate surface area is 83.4 Å². The minimum Gasteiger partial charge on any atom is -0.353 e. The van der Waals surface area contributed by atoms with Crippen LogP contribution in [0.3, 0.4) is 0 Å². The van der Waals surface area contributed by atoms with Crippen LogP contribution in [0.25, 0.3) is 0 Å². The smallest absolute Gasteiger partial charge is 0.222 e. The Bertz CT molecular complexity index is 143. The van der Waals surface area contributed by atoms with Crippen molar-refractivity contribution < 1.29 is 4.79 Å². The number of nitrogens with one attached hydrogen (secondary N) is 1. The van der Waals surface area contributed by atoms with E-state index in [1.165, 1.54) is 0 Å². The standard InChI is InChI=1S/C7H11Br2NO/c8-4-5(9)1-2-6-3-7(11)10-6/h5-6H,1-4H2,(H,10,11). The fourth-order valence-electron chi connectivity index (χ4n) is 1.06. The monoisotopic (exact) mass is 283 g/mol. The van der Waals surface area contributed by atoms with Gasteiger partial charge in [0.05, 0.1) is 0 Å². The quantitative estimate of drug-likeness (QED) is 0.619. The van der Waals surface area contributed by atoms with Crippen molar-refractivity contribution in [1.82, 2.24) is 5.32 Å². The first-order valence-electron chi connectivity index (χ1n) is 3.71. The number of carbonyl (C=O) groups is 1. The molecule has 4 heteroatoms. The van der Waals surface area contributed by atoms with Gasteiger partial charge in [-0.05, 0) is 12.8 Å². The molecule has 1 aliphatic heterocycles. The molecule has 64 valence electrons. The maximum atomic E-state index is 10.5. The number of hydrogen-bond acceptors (Lipinski definition) is 1. The molecule has 1 amide bonds. The van der Waals surface area contributed by atoms with E-state index in [-0.39, 0.29) is 5.91 Å². The second kappa shape index (κ2) is 4.45. The molecule has 0 aromatic carbocycles. The van der Waals surface area contributed by atoms with E-state index in [0.717, 1.165) is 24.6 Å². The van der Waals surface area contributed by atoms with Gasteiger partial charge in [-0.3, -0.25) is 4.79 Å². The molecular formula is C7H11Br2NO. The van der Waals surface area contributed by atoms with Crippen LogP contribution in [0, 0.1) is 0 Å². The van der Waals surface area contributed by atoms with Crippen LogP contribution in [0.1, 0.15) is 19.3 Å². The predicted molar refractivity (Wildman–Crippen MR) is 52.3 cm³/mol. The van der Waals surface area contributed by atoms with E-state index in [0.29, 0.717) is 10.9 Å². The van der Waals surface area contributed by atoms with Crippen molar-refractivity contribution in [3.63, 3.8) is 0 Å². The summed E-state index contributed by atoms with van der Waals surface area (Å²) in [5.74, 6) is 0.194. The van der Waals surface area contributed by atoms with E-state index in [2.05, 4.69) is 37.2 Å². The molecule has 0 aromatic rings. The fraction of sp³-hybridized carbons (Fsp3) is 0.857. The lowest BCUT2D eigenvalue weighted by molar-refractivity contribution is -0.128. The number of hydrogen-bond donors (Lipinski definition) is 1. The Kier molecular flexibility index (Phi) is 3.85. The number of amides is 1. The highest BCUT2D eigenvalue weighted by atomic mass is 79.9. The lowest BCUT2D eigenvalue weighted by atomic mass is 10.0. The molecule has 2 unspecified atom stereocenters. The zero-order valence-corrected chi connectivity index (χ0v) is 9.32. The average Bonchev–Trinajstić information content (AvgIpc) is 1.95. The van der Waals surface area contributed by atoms with Crippen LogP contribution < -0.4 is 5.32 Å². The Morgan fingerprint density at radius 2 is 2.36 bits per heavy atom. The molecule has 0 saturated carbocycles. The third-order valence-corrected chi connectivity index (χ3v) is 4.22. The van der Waals surface area contributed by atoms with E-state index in [9.17, 15) is 4.79 Å². The van der Waals surface area contributed by atoms with Crippen LogP contribution in [0.2, 0.25) is 0 Å². The lowest BCUT2D eigenvalue weighted by Gasteiger charge is -2.27. The maximum absolute atomic E-state index is 10.5. The third kappa shape index (κ3) is 3.11. The van der Waals surface area contributed by atoms with Gasteiger partial charge in [0, 0.05) is 22.6 Å². The second-order valence-corrected chi connectivity index (χ2v) is 4.74. The van der Waals surface area contributed by atoms with E-state index in [1.807, 2.05) is 0 Å². The molecule has 11 heavy (non-hydrogen) atoms. The van der Waals surface area contributed by atoms with Crippen molar-refractivity contribution in [3.05, 3.63) is 0 Å². The van der Waals surface area contributed by atoms with Gasteiger partial charge in [0.2, 0.25) is 5.91 Å². The summed E-state index contributed by atoms with van der Waals surface area (Å²) < 4.78 is 0. The van der Waals surface area contributed by atoms with E-state index < -0.39 is 0 Å². The molecule has 1 rings (SSSR count). The van der Waals surface area contributed by atoms with Crippen LogP contribution >= 0.6 is 31.9 Å². The third-order valence-electron chi connectivity index (χ3n) is 1.79. The van der Waals surface area contributed by atoms with Crippen molar-refractivity contribution in [2.24, 2.45) is 0 Å². The van der Waals surface area contributed by atoms with Gasteiger partial charge in [0.25, 0.3) is 0 Å². The summed E-state index contributed by atoms with van der Waals surface area (Å²) in [6.45, 7) is 0. The first kappa shape index (κ1) is 9.52. The number of alkyl halides is 2. The highest BCUT2D eigenvalue weighted by Gasteiger charge is 2.24. The molecule has 0 spiro atoms. The topological polar surface area (TPSA) is 29.1 Å². The number of halogens is 2. The molecule has 1 saturated heterocycles. The normalized spacial score (nSPS) is 25.6. The van der Waals surface area contributed by atoms with Crippen molar-refractivity contribution in [1.29, 1.82) is 0 Å². The minimum absolute atomic E-state index is 0.194. The molecule has 2 nitrogen and oxygen atoms in total. The Hall–Kier alpha value is 0.430. The maximum Gasteiger partial charge on any atom is 0.222 e. The molecule has 0 aliphatic carbocycles. The minimum atomic E-state index is 0.194. The molecule has 0 bridgehead atoms. The summed E-state index contributed by atoms with van der Waals surface area (Å²) in [5.41, 5.74) is 0. The van der Waals surface area contributed by atoms with Gasteiger partial charge in [0.15, 0.2) is 0 Å². The van der Waals surface area contributed by atoms with E-state index in [4.69, 9.17) is 0 Å². The highest BCUT2D eigenvalue weighted by molar-refractivity contribution is 9.12. The zero-order valence-electron chi connectivity index (χ0n) is 6.15. The second-order valence-electron chi connectivity index (χ2n) is 2.80. The summed E-state index contributed by atoms with van der Waals surface area (Å²) in [4.78, 5) is 11.0. The number of carbonyl (C=O) groups excluding carboxylic acids is 1. The van der Waals surface area contributed by atoms with Gasteiger partial charge in [-0.15, -0.1) is 0 Å². The SMILES string of the molecule is O=C1CC(CCC(Br)CBr)N1. The van der Waals surface area contributed by atoms with Crippen molar-refractivity contribution in [2.45, 2.75) is 30.1 Å². The average molecular weight is 285 g/mol. The van der Waals surface area contributed by atoms with Gasteiger partial charge in [-0.25, -0.2) is 0 Å². The van der Waals surface area contributed by atoms with Crippen molar-refractivity contribution in [2.75, 3.05) is 5.33 Å². The summed E-state index contributed by atoms with van der Waals surface area (Å²) in [5, 5.41) is 3.83. The Morgan fingerprint density at radius 1 is 1.73 bits per heavy atom. The van der Waals surface area contributed by atoms with Gasteiger partial charge >= 0.3 is 0 Å². The van der Waals surface area contributed by atoms with Crippen LogP contribution in [0.15, 0.2) is 0 Å². The predicted octanol–water partition coefficient (Wildman–Crippen LogP) is 1.81. The largest absolute Gasteiger partial charge is 0.353 e. The number of β-lactam (4-membered cyclic amide) rings is 1. The van der Waals surface area contributed by atoms with Crippen LogP contribution in [0.4, 0.5) is 0 Å². The fourth-order valence-corrected chi connectivity index (χ4v) is 1.65. The van der Waals surface area contributed by atoms with Gasteiger partial charge in [-0.1, -0.05) is 31.9 Å². The molecule has 1 aliphatic rings. The summed E-state index contributed by atoms with van der Waals surface area (Å²) >= 11 is 6.90. The summed E-state index contributed by atoms with van der Waals surface area (Å²) in [6.07, 6.45) is 2.94. The van der Waals surface area contributed by atoms with Crippen molar-refractivity contribution in [3.8, 4) is 0 Å². The molecule has 1 fully saturated rings. The molecular weight excluding hydrogens is 274 g/mol. The molecule has 0 radical (unpaired) electrons. The Balaban J connectivity index is 2.00. The first-order chi connectivity index (χ1) is 5.22. The van der Waals surface area contributed by atoms with Gasteiger partial charge < -0.3 is 5.32 Å². The van der Waals surface area contributed by atoms with Gasteiger partial charge in [-0.2, -0.15) is 0 Å². The van der Waals surface area contributed by atoms with Crippen LogP contribution in [-0.4, -0.2) is 22.1 Å². The van der Waals surface area contributed by atoms with Crippen LogP contribution in [-0.2, 0) is 4.79 Å². The van der Waals surface area contributed by atoms with Gasteiger partial charge in [0.1, 0.15) is 0 Å². The zero-order chi connectivity index (χ0) is 8.27. The molecule has 1 N–H and O–H groups in total. The Morgan fingerprint density at radius 3 is 2.82 bits per heavy atom. The summed E-state index contributed by atoms with van der Waals surface area (Å²) in [6, 6.07) is 0.446. The first-order valence-corrected chi connectivity index (χ1v) is 5.75. The van der Waals surface area contributed by atoms with E-state index in [1.54, 1.807) is 0 Å². The molecule has 2 atom stereocenters.